The molecule has 8 heteroatoms. The first kappa shape index (κ1) is 19.2. The number of nitrogens with one attached hydrogen (secondary N) is 1. The van der Waals surface area contributed by atoms with E-state index in [0.29, 0.717) is 22.2 Å². The zero-order chi connectivity index (χ0) is 19.1. The van der Waals surface area contributed by atoms with E-state index in [4.69, 9.17) is 26.3 Å². The molecule has 0 aliphatic rings. The van der Waals surface area contributed by atoms with E-state index in [2.05, 4.69) is 10.3 Å². The third-order valence-electron chi connectivity index (χ3n) is 3.27. The SMILES string of the molecule is C[C@H](OC(=O)[C@H](C)Oc1ccc(C#N)cc1)C(=O)Nc1ccc(Cl)cn1. The number of halogens is 1. The fraction of sp³-hybridized carbons (Fsp3) is 0.222. The van der Waals surface area contributed by atoms with Crippen LogP contribution in [0.15, 0.2) is 42.6 Å². The summed E-state index contributed by atoms with van der Waals surface area (Å²) >= 11 is 5.72. The van der Waals surface area contributed by atoms with E-state index < -0.39 is 24.1 Å². The van der Waals surface area contributed by atoms with Gasteiger partial charge in [-0.1, -0.05) is 11.6 Å². The summed E-state index contributed by atoms with van der Waals surface area (Å²) < 4.78 is 10.5. The van der Waals surface area contributed by atoms with E-state index in [1.54, 1.807) is 30.3 Å². The van der Waals surface area contributed by atoms with Crippen LogP contribution in [0.3, 0.4) is 0 Å². The summed E-state index contributed by atoms with van der Waals surface area (Å²) in [7, 11) is 0. The van der Waals surface area contributed by atoms with Crippen LogP contribution in [0.2, 0.25) is 5.02 Å². The number of carbonyl (C=O) groups excluding carboxylic acids is 2. The van der Waals surface area contributed by atoms with Crippen LogP contribution >= 0.6 is 11.6 Å². The Morgan fingerprint density at radius 3 is 2.42 bits per heavy atom. The van der Waals surface area contributed by atoms with Crippen molar-refractivity contribution < 1.29 is 19.1 Å². The predicted molar refractivity (Wildman–Crippen MR) is 94.7 cm³/mol. The lowest BCUT2D eigenvalue weighted by Gasteiger charge is -2.17. The predicted octanol–water partition coefficient (Wildman–Crippen LogP) is 2.94. The molecule has 0 aliphatic carbocycles. The van der Waals surface area contributed by atoms with Crippen molar-refractivity contribution in [1.29, 1.82) is 5.26 Å². The molecule has 1 aromatic heterocycles. The Morgan fingerprint density at radius 2 is 1.85 bits per heavy atom. The standard InChI is InChI=1S/C18H16ClN3O4/c1-11(17(23)22-16-8-5-14(19)10-21-16)26-18(24)12(2)25-15-6-3-13(9-20)4-7-15/h3-8,10-12H,1-2H3,(H,21,22,23)/t11-,12-/m0/s1. The maximum atomic E-state index is 12.1. The molecule has 1 aromatic carbocycles. The van der Waals surface area contributed by atoms with Gasteiger partial charge in [-0.15, -0.1) is 0 Å². The molecule has 0 aliphatic heterocycles. The average molecular weight is 374 g/mol. The minimum atomic E-state index is -1.04. The van der Waals surface area contributed by atoms with Crippen molar-refractivity contribution in [2.24, 2.45) is 0 Å². The summed E-state index contributed by atoms with van der Waals surface area (Å²) in [5, 5.41) is 11.7. The first-order valence-electron chi connectivity index (χ1n) is 7.69. The van der Waals surface area contributed by atoms with Gasteiger partial charge in [0.1, 0.15) is 11.6 Å². The van der Waals surface area contributed by atoms with Crippen LogP contribution in [0.4, 0.5) is 5.82 Å². The Labute approximate surface area is 155 Å². The van der Waals surface area contributed by atoms with Gasteiger partial charge in [-0.25, -0.2) is 9.78 Å². The number of benzene rings is 1. The monoisotopic (exact) mass is 373 g/mol. The number of amides is 1. The van der Waals surface area contributed by atoms with Crippen molar-refractivity contribution in [2.45, 2.75) is 26.1 Å². The number of hydrogen-bond acceptors (Lipinski definition) is 6. The third-order valence-corrected chi connectivity index (χ3v) is 3.49. The van der Waals surface area contributed by atoms with Gasteiger partial charge in [0.05, 0.1) is 16.7 Å². The highest BCUT2D eigenvalue weighted by Crippen LogP contribution is 2.15. The Morgan fingerprint density at radius 1 is 1.15 bits per heavy atom. The summed E-state index contributed by atoms with van der Waals surface area (Å²) in [5.74, 6) is -0.514. The number of pyridine rings is 1. The van der Waals surface area contributed by atoms with Gasteiger partial charge >= 0.3 is 5.97 Å². The van der Waals surface area contributed by atoms with E-state index in [9.17, 15) is 9.59 Å². The number of nitriles is 1. The molecule has 0 radical (unpaired) electrons. The molecule has 0 saturated carbocycles. The van der Waals surface area contributed by atoms with E-state index in [-0.39, 0.29) is 0 Å². The second-order valence-corrected chi connectivity index (χ2v) is 5.76. The number of ether oxygens (including phenoxy) is 2. The average Bonchev–Trinajstić information content (AvgIpc) is 2.64. The Kier molecular flexibility index (Phi) is 6.53. The summed E-state index contributed by atoms with van der Waals surface area (Å²) in [6.45, 7) is 2.95. The van der Waals surface area contributed by atoms with Crippen LogP contribution < -0.4 is 10.1 Å². The van der Waals surface area contributed by atoms with Gasteiger partial charge in [-0.2, -0.15) is 5.26 Å². The first-order chi connectivity index (χ1) is 12.4. The molecule has 1 amide bonds. The van der Waals surface area contributed by atoms with Crippen molar-refractivity contribution in [3.05, 3.63) is 53.2 Å². The number of hydrogen-bond donors (Lipinski definition) is 1. The van der Waals surface area contributed by atoms with Crippen LogP contribution in [0.5, 0.6) is 5.75 Å². The number of carbonyl (C=O) groups is 2. The molecule has 0 spiro atoms. The molecule has 0 fully saturated rings. The molecular formula is C18H16ClN3O4. The molecule has 1 heterocycles. The molecule has 134 valence electrons. The van der Waals surface area contributed by atoms with Crippen LogP contribution in [-0.4, -0.2) is 29.1 Å². The van der Waals surface area contributed by atoms with E-state index in [1.165, 1.54) is 26.1 Å². The van der Waals surface area contributed by atoms with Crippen LogP contribution in [0, 0.1) is 11.3 Å². The number of rotatable bonds is 6. The number of nitrogens with zero attached hydrogens (tertiary/aromatic N) is 2. The van der Waals surface area contributed by atoms with Crippen molar-refractivity contribution in [3.63, 3.8) is 0 Å². The summed E-state index contributed by atoms with van der Waals surface area (Å²) in [6.07, 6.45) is -0.569. The Balaban J connectivity index is 1.87. The van der Waals surface area contributed by atoms with Gasteiger partial charge in [0.15, 0.2) is 12.2 Å². The Bertz CT molecular complexity index is 816. The lowest BCUT2D eigenvalue weighted by Crippen LogP contribution is -2.35. The fourth-order valence-electron chi connectivity index (χ4n) is 1.86. The molecule has 2 rings (SSSR count). The third kappa shape index (κ3) is 5.46. The molecule has 0 saturated heterocycles. The van der Waals surface area contributed by atoms with Crippen LogP contribution in [0.25, 0.3) is 0 Å². The second kappa shape index (κ2) is 8.83. The van der Waals surface area contributed by atoms with Gasteiger partial charge in [0, 0.05) is 6.20 Å². The number of aromatic nitrogens is 1. The number of anilines is 1. The van der Waals surface area contributed by atoms with Gasteiger partial charge in [-0.3, -0.25) is 4.79 Å². The van der Waals surface area contributed by atoms with Crippen molar-refractivity contribution in [3.8, 4) is 11.8 Å². The second-order valence-electron chi connectivity index (χ2n) is 5.33. The van der Waals surface area contributed by atoms with Crippen molar-refractivity contribution in [1.82, 2.24) is 4.98 Å². The summed E-state index contributed by atoms with van der Waals surface area (Å²) in [5.41, 5.74) is 0.480. The zero-order valence-electron chi connectivity index (χ0n) is 14.1. The molecule has 0 unspecified atom stereocenters. The summed E-state index contributed by atoms with van der Waals surface area (Å²) in [4.78, 5) is 28.1. The molecule has 0 bridgehead atoms. The normalized spacial score (nSPS) is 12.4. The highest BCUT2D eigenvalue weighted by atomic mass is 35.5. The molecule has 26 heavy (non-hydrogen) atoms. The fourth-order valence-corrected chi connectivity index (χ4v) is 1.97. The molecule has 2 atom stereocenters. The topological polar surface area (TPSA) is 101 Å². The minimum Gasteiger partial charge on any atom is -0.479 e. The minimum absolute atomic E-state index is 0.296. The smallest absolute Gasteiger partial charge is 0.347 e. The Hall–Kier alpha value is -3.11. The van der Waals surface area contributed by atoms with Gasteiger partial charge in [0.2, 0.25) is 0 Å². The van der Waals surface area contributed by atoms with Gasteiger partial charge in [-0.05, 0) is 50.2 Å². The maximum Gasteiger partial charge on any atom is 0.347 e. The molecule has 2 aromatic rings. The van der Waals surface area contributed by atoms with Gasteiger partial charge < -0.3 is 14.8 Å². The molecule has 7 nitrogen and oxygen atoms in total. The van der Waals surface area contributed by atoms with Crippen LogP contribution in [0.1, 0.15) is 19.4 Å². The zero-order valence-corrected chi connectivity index (χ0v) is 14.9. The van der Waals surface area contributed by atoms with Crippen molar-refractivity contribution >= 4 is 29.3 Å². The van der Waals surface area contributed by atoms with Crippen LogP contribution in [-0.2, 0) is 14.3 Å². The summed E-state index contributed by atoms with van der Waals surface area (Å²) in [6, 6.07) is 11.4. The lowest BCUT2D eigenvalue weighted by atomic mass is 10.2. The first-order valence-corrected chi connectivity index (χ1v) is 8.06. The highest BCUT2D eigenvalue weighted by Gasteiger charge is 2.23. The van der Waals surface area contributed by atoms with E-state index in [0.717, 1.165) is 0 Å². The maximum absolute atomic E-state index is 12.1. The highest BCUT2D eigenvalue weighted by molar-refractivity contribution is 6.30. The largest absolute Gasteiger partial charge is 0.479 e. The number of esters is 1. The molecule has 1 N–H and O–H groups in total. The van der Waals surface area contributed by atoms with E-state index in [1.807, 2.05) is 6.07 Å². The van der Waals surface area contributed by atoms with Gasteiger partial charge in [0.25, 0.3) is 5.91 Å². The van der Waals surface area contributed by atoms with E-state index >= 15 is 0 Å². The lowest BCUT2D eigenvalue weighted by molar-refractivity contribution is -0.159. The molecular weight excluding hydrogens is 358 g/mol. The van der Waals surface area contributed by atoms with Crippen molar-refractivity contribution in [2.75, 3.05) is 5.32 Å². The quantitative estimate of drug-likeness (QED) is 0.781.